The number of aliphatic hydroxyl groups is 20. The Balaban J connectivity index is 1.20. The molecule has 0 aliphatic carbocycles. The van der Waals surface area contributed by atoms with Crippen LogP contribution in [0.4, 0.5) is 0 Å². The van der Waals surface area contributed by atoms with Crippen molar-refractivity contribution >= 4 is 0 Å². The molecule has 0 radical (unpaired) electrons. The Bertz CT molecular complexity index is 1590. The van der Waals surface area contributed by atoms with Gasteiger partial charge in [-0.05, 0) is 0 Å². The van der Waals surface area contributed by atoms with E-state index in [4.69, 9.17) is 52.1 Å². The highest BCUT2D eigenvalue weighted by Gasteiger charge is 2.64. The van der Waals surface area contributed by atoms with Crippen LogP contribution < -0.4 is 0 Å². The van der Waals surface area contributed by atoms with Crippen molar-refractivity contribution in [1.82, 2.24) is 0 Å². The van der Waals surface area contributed by atoms with Gasteiger partial charge in [-0.25, -0.2) is 0 Å². The molecule has 0 amide bonds. The fraction of sp³-hybridized carbons (Fsp3) is 1.00. The van der Waals surface area contributed by atoms with Crippen molar-refractivity contribution < 1.29 is 154 Å². The van der Waals surface area contributed by atoms with Crippen LogP contribution in [0.3, 0.4) is 0 Å². The average molecular weight is 991 g/mol. The summed E-state index contributed by atoms with van der Waals surface area (Å²) in [6, 6.07) is 0. The summed E-state index contributed by atoms with van der Waals surface area (Å²) < 4.78 is 61.3. The van der Waals surface area contributed by atoms with Crippen molar-refractivity contribution in [2.45, 2.75) is 151 Å². The lowest BCUT2D eigenvalue weighted by Crippen LogP contribution is -2.62. The molecule has 0 spiro atoms. The molecule has 0 bridgehead atoms. The number of hydrogen-bond donors (Lipinski definition) is 20. The normalized spacial score (nSPS) is 52.5. The predicted octanol–water partition coefficient (Wildman–Crippen LogP) is -14.1. The van der Waals surface area contributed by atoms with Crippen molar-refractivity contribution in [3.05, 3.63) is 0 Å². The van der Waals surface area contributed by atoms with Gasteiger partial charge in [0.05, 0.1) is 39.6 Å². The first kappa shape index (κ1) is 55.1. The molecule has 6 rings (SSSR count). The SMILES string of the molecule is OC[C@H]1O[C@@](CO)(OC[C@H]2O[C@@](CO)(OC[C@H]3O[C@@](CO[C@]4(CO)O[C@H](CO)[C@@H](O)[C@@H]4O)(OC[C@H]4O[C@@](CO)(O[C@H]5O[C@H](CO)[C@@H](O)[C@H](O)[C@H]5O)[C@@H](O)[C@@H]4O)[C@@H](O)[C@@H]3O)[C@@H](O)[C@@H]2O)[C@@H](O)[C@@H]1O. The second-order valence-corrected chi connectivity index (χ2v) is 17.1. The van der Waals surface area contributed by atoms with Gasteiger partial charge >= 0.3 is 0 Å². The molecular formula is C36H62O31. The molecule has 6 aliphatic rings. The molecule has 20 N–H and O–H groups in total. The highest BCUT2D eigenvalue weighted by atomic mass is 16.8. The molecule has 392 valence electrons. The van der Waals surface area contributed by atoms with Crippen LogP contribution in [0.25, 0.3) is 0 Å². The van der Waals surface area contributed by atoms with E-state index in [1.54, 1.807) is 0 Å². The minimum atomic E-state index is -2.79. The summed E-state index contributed by atoms with van der Waals surface area (Å²) in [7, 11) is 0. The van der Waals surface area contributed by atoms with Crippen LogP contribution >= 0.6 is 0 Å². The fourth-order valence-electron chi connectivity index (χ4n) is 8.67. The maximum atomic E-state index is 11.6. The molecule has 25 atom stereocenters. The molecule has 0 saturated carbocycles. The zero-order valence-corrected chi connectivity index (χ0v) is 35.3. The van der Waals surface area contributed by atoms with Gasteiger partial charge in [-0.1, -0.05) is 0 Å². The van der Waals surface area contributed by atoms with Crippen molar-refractivity contribution in [1.29, 1.82) is 0 Å². The highest BCUT2D eigenvalue weighted by Crippen LogP contribution is 2.42. The Kier molecular flexibility index (Phi) is 17.6. The van der Waals surface area contributed by atoms with E-state index in [0.29, 0.717) is 0 Å². The van der Waals surface area contributed by atoms with Gasteiger partial charge in [0.2, 0.25) is 28.9 Å². The standard InChI is InChI=1S/C36H62O31/c37-1-12-18(44)24(50)25(51)31(61-12)67-35(10-43)29(55)22(48)16(65-35)6-59-36(11-60-34(9-42)27(53)20(46)14(3-39)63-34)30(56)23(49)17(66-36)5-58-33(8-41)28(54)21(47)15(64-33)4-57-32(7-40)26(52)19(45)13(2-38)62-32/h12-31,37-56H,1-11H2/t12-,13-,14-,15-,16-,17-,18-,19-,20-,21-,22-,23-,24+,25-,26+,27+,28+,29+,30+,31-,32-,33-,34-,35+,36-/m1/s1. The van der Waals surface area contributed by atoms with Gasteiger partial charge in [-0.15, -0.1) is 0 Å². The van der Waals surface area contributed by atoms with Crippen LogP contribution in [0.1, 0.15) is 0 Å². The lowest BCUT2D eigenvalue weighted by Gasteiger charge is -2.43. The number of aliphatic hydroxyl groups excluding tert-OH is 20. The summed E-state index contributed by atoms with van der Waals surface area (Å²) in [5.41, 5.74) is 0. The van der Waals surface area contributed by atoms with Crippen molar-refractivity contribution in [2.75, 3.05) is 72.7 Å². The van der Waals surface area contributed by atoms with E-state index in [1.807, 2.05) is 0 Å². The van der Waals surface area contributed by atoms with E-state index >= 15 is 0 Å². The summed E-state index contributed by atoms with van der Waals surface area (Å²) in [6.45, 7) is -11.5. The molecule has 67 heavy (non-hydrogen) atoms. The molecule has 6 saturated heterocycles. The average Bonchev–Trinajstić information content (AvgIpc) is 4.00. The highest BCUT2D eigenvalue weighted by molar-refractivity contribution is 5.04. The molecule has 6 heterocycles. The van der Waals surface area contributed by atoms with Crippen LogP contribution in [-0.2, 0) is 52.1 Å². The quantitative estimate of drug-likeness (QED) is 0.0508. The third kappa shape index (κ3) is 9.75. The van der Waals surface area contributed by atoms with E-state index < -0.39 is 224 Å². The van der Waals surface area contributed by atoms with Gasteiger partial charge in [0.15, 0.2) is 6.29 Å². The first-order chi connectivity index (χ1) is 31.6. The topological polar surface area (TPSA) is 506 Å². The van der Waals surface area contributed by atoms with E-state index in [1.165, 1.54) is 0 Å². The van der Waals surface area contributed by atoms with Gasteiger partial charge in [0.1, 0.15) is 149 Å². The lowest BCUT2D eigenvalue weighted by atomic mass is 9.99. The molecule has 31 heteroatoms. The van der Waals surface area contributed by atoms with E-state index in [2.05, 4.69) is 0 Å². The monoisotopic (exact) mass is 990 g/mol. The maximum Gasteiger partial charge on any atom is 0.224 e. The first-order valence-electron chi connectivity index (χ1n) is 21.0. The number of hydrogen-bond acceptors (Lipinski definition) is 31. The molecular weight excluding hydrogens is 928 g/mol. The Hall–Kier alpha value is -1.24. The number of ether oxygens (including phenoxy) is 11. The maximum absolute atomic E-state index is 11.6. The lowest BCUT2D eigenvalue weighted by molar-refractivity contribution is -0.386. The molecule has 6 aliphatic heterocycles. The van der Waals surface area contributed by atoms with Crippen LogP contribution in [0.2, 0.25) is 0 Å². The Labute approximate surface area is 378 Å². The molecule has 0 aromatic carbocycles. The molecule has 31 nitrogen and oxygen atoms in total. The smallest absolute Gasteiger partial charge is 0.224 e. The van der Waals surface area contributed by atoms with Crippen LogP contribution in [0.15, 0.2) is 0 Å². The molecule has 0 unspecified atom stereocenters. The van der Waals surface area contributed by atoms with Crippen molar-refractivity contribution in [2.24, 2.45) is 0 Å². The third-order valence-electron chi connectivity index (χ3n) is 12.9. The van der Waals surface area contributed by atoms with E-state index in [9.17, 15) is 102 Å². The minimum absolute atomic E-state index is 0.799. The molecule has 6 fully saturated rings. The Morgan fingerprint density at radius 3 is 1.01 bits per heavy atom. The minimum Gasteiger partial charge on any atom is -0.394 e. The zero-order chi connectivity index (χ0) is 49.6. The summed E-state index contributed by atoms with van der Waals surface area (Å²) in [5, 5.41) is 209. The van der Waals surface area contributed by atoms with Crippen LogP contribution in [0, 0.1) is 0 Å². The van der Waals surface area contributed by atoms with Crippen LogP contribution in [-0.4, -0.2) is 326 Å². The molecule has 0 aromatic heterocycles. The van der Waals surface area contributed by atoms with Gasteiger partial charge in [0, 0.05) is 0 Å². The fourth-order valence-corrected chi connectivity index (χ4v) is 8.67. The summed E-state index contributed by atoms with van der Waals surface area (Å²) in [6.07, 6.45) is -38.3. The molecule has 0 aromatic rings. The third-order valence-corrected chi connectivity index (χ3v) is 12.9. The van der Waals surface area contributed by atoms with Gasteiger partial charge in [0.25, 0.3) is 0 Å². The Morgan fingerprint density at radius 2 is 0.627 bits per heavy atom. The Morgan fingerprint density at radius 1 is 0.313 bits per heavy atom. The van der Waals surface area contributed by atoms with Gasteiger partial charge in [-0.3, -0.25) is 0 Å². The zero-order valence-electron chi connectivity index (χ0n) is 35.3. The summed E-state index contributed by atoms with van der Waals surface area (Å²) in [5.74, 6) is -13.0. The van der Waals surface area contributed by atoms with E-state index in [0.717, 1.165) is 0 Å². The van der Waals surface area contributed by atoms with Crippen LogP contribution in [0.5, 0.6) is 0 Å². The second kappa shape index (κ2) is 21.5. The van der Waals surface area contributed by atoms with Gasteiger partial charge < -0.3 is 154 Å². The van der Waals surface area contributed by atoms with E-state index in [-0.39, 0.29) is 0 Å². The summed E-state index contributed by atoms with van der Waals surface area (Å²) in [4.78, 5) is 0. The summed E-state index contributed by atoms with van der Waals surface area (Å²) >= 11 is 0. The largest absolute Gasteiger partial charge is 0.394 e. The van der Waals surface area contributed by atoms with Crippen molar-refractivity contribution in [3.63, 3.8) is 0 Å². The first-order valence-corrected chi connectivity index (χ1v) is 21.0. The number of rotatable bonds is 21. The van der Waals surface area contributed by atoms with Crippen molar-refractivity contribution in [3.8, 4) is 0 Å². The second-order valence-electron chi connectivity index (χ2n) is 17.1. The van der Waals surface area contributed by atoms with Gasteiger partial charge in [-0.2, -0.15) is 0 Å². The predicted molar refractivity (Wildman–Crippen MR) is 199 cm³/mol.